The van der Waals surface area contributed by atoms with Crippen molar-refractivity contribution >= 4 is 11.9 Å². The first-order chi connectivity index (χ1) is 8.95. The van der Waals surface area contributed by atoms with Gasteiger partial charge in [0.15, 0.2) is 0 Å². The van der Waals surface area contributed by atoms with Crippen molar-refractivity contribution in [3.05, 3.63) is 0 Å². The molecule has 3 amide bonds. The summed E-state index contributed by atoms with van der Waals surface area (Å²) in [6, 6.07) is -0.397. The molecule has 1 fully saturated rings. The van der Waals surface area contributed by atoms with E-state index in [1.807, 2.05) is 0 Å². The number of hydrogen-bond donors (Lipinski definition) is 3. The highest BCUT2D eigenvalue weighted by atomic mass is 16.2. The SMILES string of the molecule is CCCCNC(=O)NC(=O)CN1CCNCC1(C)C. The lowest BCUT2D eigenvalue weighted by Crippen LogP contribution is -2.60. The lowest BCUT2D eigenvalue weighted by Gasteiger charge is -2.42. The van der Waals surface area contributed by atoms with Crippen molar-refractivity contribution in [3.63, 3.8) is 0 Å². The lowest BCUT2D eigenvalue weighted by atomic mass is 10.0. The molecule has 110 valence electrons. The molecule has 6 heteroatoms. The van der Waals surface area contributed by atoms with Gasteiger partial charge in [-0.05, 0) is 20.3 Å². The fourth-order valence-corrected chi connectivity index (χ4v) is 2.08. The third-order valence-electron chi connectivity index (χ3n) is 3.38. The summed E-state index contributed by atoms with van der Waals surface area (Å²) in [7, 11) is 0. The summed E-state index contributed by atoms with van der Waals surface area (Å²) < 4.78 is 0. The van der Waals surface area contributed by atoms with E-state index in [0.717, 1.165) is 32.5 Å². The summed E-state index contributed by atoms with van der Waals surface area (Å²) in [5, 5.41) is 8.34. The molecule has 0 unspecified atom stereocenters. The minimum absolute atomic E-state index is 0.0612. The van der Waals surface area contributed by atoms with Gasteiger partial charge in [0.05, 0.1) is 6.54 Å². The first kappa shape index (κ1) is 15.9. The quantitative estimate of drug-likeness (QED) is 0.628. The third-order valence-corrected chi connectivity index (χ3v) is 3.38. The predicted molar refractivity (Wildman–Crippen MR) is 75.0 cm³/mol. The fraction of sp³-hybridized carbons (Fsp3) is 0.846. The van der Waals surface area contributed by atoms with Crippen LogP contribution in [0.15, 0.2) is 0 Å². The van der Waals surface area contributed by atoms with Crippen LogP contribution >= 0.6 is 0 Å². The van der Waals surface area contributed by atoms with Crippen molar-refractivity contribution in [2.75, 3.05) is 32.7 Å². The molecule has 0 bridgehead atoms. The Morgan fingerprint density at radius 2 is 2.11 bits per heavy atom. The van der Waals surface area contributed by atoms with E-state index in [1.165, 1.54) is 0 Å². The number of amides is 3. The van der Waals surface area contributed by atoms with Gasteiger partial charge in [-0.2, -0.15) is 0 Å². The number of nitrogens with one attached hydrogen (secondary N) is 3. The minimum atomic E-state index is -0.397. The van der Waals surface area contributed by atoms with Crippen LogP contribution in [0.3, 0.4) is 0 Å². The van der Waals surface area contributed by atoms with E-state index in [-0.39, 0.29) is 18.0 Å². The number of carbonyl (C=O) groups is 2. The maximum atomic E-state index is 11.8. The van der Waals surface area contributed by atoms with Crippen LogP contribution in [0.1, 0.15) is 33.6 Å². The molecular weight excluding hydrogens is 244 g/mol. The molecule has 3 N–H and O–H groups in total. The third kappa shape index (κ3) is 5.57. The molecule has 0 spiro atoms. The monoisotopic (exact) mass is 270 g/mol. The lowest BCUT2D eigenvalue weighted by molar-refractivity contribution is -0.122. The topological polar surface area (TPSA) is 73.5 Å². The molecule has 0 aliphatic carbocycles. The highest BCUT2D eigenvalue weighted by Crippen LogP contribution is 2.15. The average molecular weight is 270 g/mol. The Bertz CT molecular complexity index is 318. The van der Waals surface area contributed by atoms with E-state index in [9.17, 15) is 9.59 Å². The Kier molecular flexibility index (Phi) is 6.24. The first-order valence-corrected chi connectivity index (χ1v) is 6.99. The Morgan fingerprint density at radius 1 is 1.37 bits per heavy atom. The van der Waals surface area contributed by atoms with Crippen LogP contribution < -0.4 is 16.0 Å². The Hall–Kier alpha value is -1.14. The highest BCUT2D eigenvalue weighted by molar-refractivity contribution is 5.95. The number of carbonyl (C=O) groups excluding carboxylic acids is 2. The first-order valence-electron chi connectivity index (χ1n) is 6.99. The van der Waals surface area contributed by atoms with Gasteiger partial charge in [0.1, 0.15) is 0 Å². The molecule has 1 aliphatic rings. The van der Waals surface area contributed by atoms with E-state index in [0.29, 0.717) is 6.54 Å². The van der Waals surface area contributed by atoms with Gasteiger partial charge in [0, 0.05) is 31.7 Å². The minimum Gasteiger partial charge on any atom is -0.338 e. The molecule has 0 aromatic heterocycles. The zero-order chi connectivity index (χ0) is 14.3. The summed E-state index contributed by atoms with van der Waals surface area (Å²) in [5.74, 6) is -0.246. The van der Waals surface area contributed by atoms with Gasteiger partial charge < -0.3 is 10.6 Å². The largest absolute Gasteiger partial charge is 0.338 e. The number of piperazine rings is 1. The van der Waals surface area contributed by atoms with Crippen LogP contribution in [0.5, 0.6) is 0 Å². The average Bonchev–Trinajstić information content (AvgIpc) is 2.32. The molecule has 0 saturated carbocycles. The summed E-state index contributed by atoms with van der Waals surface area (Å²) in [6.45, 7) is 9.64. The number of urea groups is 1. The van der Waals surface area contributed by atoms with Gasteiger partial charge in [-0.1, -0.05) is 13.3 Å². The fourth-order valence-electron chi connectivity index (χ4n) is 2.08. The summed E-state index contributed by atoms with van der Waals surface area (Å²) in [6.07, 6.45) is 1.94. The number of hydrogen-bond acceptors (Lipinski definition) is 4. The van der Waals surface area contributed by atoms with E-state index in [4.69, 9.17) is 0 Å². The second-order valence-electron chi connectivity index (χ2n) is 5.57. The summed E-state index contributed by atoms with van der Waals surface area (Å²) in [5.41, 5.74) is -0.0612. The number of nitrogens with zero attached hydrogens (tertiary/aromatic N) is 1. The van der Waals surface area contributed by atoms with Crippen molar-refractivity contribution in [1.82, 2.24) is 20.9 Å². The van der Waals surface area contributed by atoms with Crippen molar-refractivity contribution in [2.24, 2.45) is 0 Å². The number of imide groups is 1. The zero-order valence-electron chi connectivity index (χ0n) is 12.2. The molecule has 1 aliphatic heterocycles. The van der Waals surface area contributed by atoms with Gasteiger partial charge in [-0.15, -0.1) is 0 Å². The molecule has 0 radical (unpaired) electrons. The molecule has 1 heterocycles. The maximum Gasteiger partial charge on any atom is 0.321 e. The molecule has 1 rings (SSSR count). The van der Waals surface area contributed by atoms with Crippen LogP contribution in [0.2, 0.25) is 0 Å². The smallest absolute Gasteiger partial charge is 0.321 e. The normalized spacial score (nSPS) is 18.9. The molecule has 0 aromatic carbocycles. The molecule has 0 atom stereocenters. The number of unbranched alkanes of at least 4 members (excludes halogenated alkanes) is 1. The van der Waals surface area contributed by atoms with E-state index in [1.54, 1.807) is 0 Å². The van der Waals surface area contributed by atoms with Gasteiger partial charge in [0.25, 0.3) is 0 Å². The van der Waals surface area contributed by atoms with E-state index < -0.39 is 6.03 Å². The Balaban J connectivity index is 2.32. The van der Waals surface area contributed by atoms with Crippen molar-refractivity contribution < 1.29 is 9.59 Å². The van der Waals surface area contributed by atoms with E-state index >= 15 is 0 Å². The zero-order valence-corrected chi connectivity index (χ0v) is 12.2. The van der Waals surface area contributed by atoms with Crippen molar-refractivity contribution in [1.29, 1.82) is 0 Å². The number of rotatable bonds is 5. The second-order valence-corrected chi connectivity index (χ2v) is 5.57. The maximum absolute atomic E-state index is 11.8. The highest BCUT2D eigenvalue weighted by Gasteiger charge is 2.30. The van der Waals surface area contributed by atoms with Crippen molar-refractivity contribution in [3.8, 4) is 0 Å². The van der Waals surface area contributed by atoms with Gasteiger partial charge in [-0.25, -0.2) is 4.79 Å². The second kappa shape index (κ2) is 7.45. The predicted octanol–water partition coefficient (Wildman–Crippen LogP) is 0.296. The van der Waals surface area contributed by atoms with Crippen LogP contribution in [0.25, 0.3) is 0 Å². The molecule has 6 nitrogen and oxygen atoms in total. The van der Waals surface area contributed by atoms with Crippen LogP contribution in [0.4, 0.5) is 4.79 Å². The van der Waals surface area contributed by atoms with Gasteiger partial charge in [0.2, 0.25) is 5.91 Å². The van der Waals surface area contributed by atoms with Crippen LogP contribution in [0, 0.1) is 0 Å². The summed E-state index contributed by atoms with van der Waals surface area (Å²) in [4.78, 5) is 25.4. The van der Waals surface area contributed by atoms with Crippen LogP contribution in [-0.4, -0.2) is 55.1 Å². The molecular formula is C13H26N4O2. The van der Waals surface area contributed by atoms with E-state index in [2.05, 4.69) is 41.6 Å². The van der Waals surface area contributed by atoms with Crippen LogP contribution in [-0.2, 0) is 4.79 Å². The molecule has 0 aromatic rings. The van der Waals surface area contributed by atoms with Gasteiger partial charge >= 0.3 is 6.03 Å². The van der Waals surface area contributed by atoms with Crippen molar-refractivity contribution in [2.45, 2.75) is 39.2 Å². The Morgan fingerprint density at radius 3 is 2.74 bits per heavy atom. The molecule has 19 heavy (non-hydrogen) atoms. The Labute approximate surface area is 115 Å². The van der Waals surface area contributed by atoms with Gasteiger partial charge in [-0.3, -0.25) is 15.0 Å². The molecule has 1 saturated heterocycles. The summed E-state index contributed by atoms with van der Waals surface area (Å²) >= 11 is 0. The standard InChI is InChI=1S/C13H26N4O2/c1-4-5-6-15-12(19)16-11(18)9-17-8-7-14-10-13(17,2)3/h14H,4-10H2,1-3H3,(H2,15,16,18,19).